The fourth-order valence-corrected chi connectivity index (χ4v) is 2.33. The molecule has 1 atom stereocenters. The Labute approximate surface area is 139 Å². The summed E-state index contributed by atoms with van der Waals surface area (Å²) in [5.41, 5.74) is 3.45. The van der Waals surface area contributed by atoms with E-state index in [4.69, 9.17) is 9.68 Å². The van der Waals surface area contributed by atoms with Gasteiger partial charge in [0.05, 0.1) is 11.6 Å². The zero-order valence-corrected chi connectivity index (χ0v) is 13.3. The van der Waals surface area contributed by atoms with Crippen molar-refractivity contribution in [2.45, 2.75) is 19.9 Å². The van der Waals surface area contributed by atoms with Crippen molar-refractivity contribution >= 4 is 28.4 Å². The number of fused-ring (bicyclic) bond motifs is 1. The third-order valence-electron chi connectivity index (χ3n) is 3.55. The van der Waals surface area contributed by atoms with E-state index in [2.05, 4.69) is 15.6 Å². The highest BCUT2D eigenvalue weighted by Gasteiger charge is 2.13. The number of oxazole rings is 1. The van der Waals surface area contributed by atoms with E-state index in [1.807, 2.05) is 24.3 Å². The van der Waals surface area contributed by atoms with Crippen LogP contribution in [0.1, 0.15) is 18.4 Å². The van der Waals surface area contributed by atoms with Crippen molar-refractivity contribution in [3.8, 4) is 6.07 Å². The Bertz CT molecular complexity index is 922. The Hall–Kier alpha value is -3.33. The van der Waals surface area contributed by atoms with Crippen molar-refractivity contribution in [1.82, 2.24) is 4.98 Å². The molecule has 0 radical (unpaired) electrons. The summed E-state index contributed by atoms with van der Waals surface area (Å²) in [5.74, 6) is 0.435. The lowest BCUT2D eigenvalue weighted by atomic mass is 10.2. The quantitative estimate of drug-likeness (QED) is 0.768. The number of hydrogen-bond donors (Lipinski definition) is 2. The number of rotatable bonds is 4. The smallest absolute Gasteiger partial charge is 0.246 e. The first-order chi connectivity index (χ1) is 11.5. The largest absolute Gasteiger partial charge is 0.441 e. The molecule has 0 aliphatic rings. The van der Waals surface area contributed by atoms with Gasteiger partial charge in [-0.05, 0) is 49.4 Å². The summed E-state index contributed by atoms with van der Waals surface area (Å²) in [4.78, 5) is 16.5. The number of hydrogen-bond acceptors (Lipinski definition) is 5. The molecule has 1 amide bonds. The molecule has 0 fully saturated rings. The van der Waals surface area contributed by atoms with Gasteiger partial charge >= 0.3 is 0 Å². The molecule has 6 heteroatoms. The zero-order chi connectivity index (χ0) is 17.1. The van der Waals surface area contributed by atoms with Gasteiger partial charge in [-0.15, -0.1) is 0 Å². The number of nitrogens with zero attached hydrogens (tertiary/aromatic N) is 2. The highest BCUT2D eigenvalue weighted by molar-refractivity contribution is 5.96. The molecule has 0 saturated carbocycles. The summed E-state index contributed by atoms with van der Waals surface area (Å²) in [6.45, 7) is 3.57. The van der Waals surface area contributed by atoms with Crippen LogP contribution in [-0.4, -0.2) is 16.9 Å². The lowest BCUT2D eigenvalue weighted by Gasteiger charge is -2.15. The predicted molar refractivity (Wildman–Crippen MR) is 91.6 cm³/mol. The SMILES string of the molecule is Cc1nc2cc(N[C@H](C)C(=O)Nc3ccc(C#N)cc3)ccc2o1. The van der Waals surface area contributed by atoms with E-state index >= 15 is 0 Å². The summed E-state index contributed by atoms with van der Waals surface area (Å²) in [6.07, 6.45) is 0. The monoisotopic (exact) mass is 320 g/mol. The first kappa shape index (κ1) is 15.6. The number of nitrogens with one attached hydrogen (secondary N) is 2. The van der Waals surface area contributed by atoms with Crippen LogP contribution in [0, 0.1) is 18.3 Å². The number of anilines is 2. The fraction of sp³-hybridized carbons (Fsp3) is 0.167. The Balaban J connectivity index is 1.66. The van der Waals surface area contributed by atoms with Crippen LogP contribution in [0.3, 0.4) is 0 Å². The van der Waals surface area contributed by atoms with Crippen molar-refractivity contribution in [2.75, 3.05) is 10.6 Å². The second kappa shape index (κ2) is 6.42. The van der Waals surface area contributed by atoms with Gasteiger partial charge < -0.3 is 15.1 Å². The molecule has 24 heavy (non-hydrogen) atoms. The second-order valence-electron chi connectivity index (χ2n) is 5.46. The maximum absolute atomic E-state index is 12.3. The molecule has 2 aromatic carbocycles. The van der Waals surface area contributed by atoms with E-state index in [0.717, 1.165) is 11.2 Å². The third-order valence-corrected chi connectivity index (χ3v) is 3.55. The number of carbonyl (C=O) groups excluding carboxylic acids is 1. The van der Waals surface area contributed by atoms with Gasteiger partial charge in [0.15, 0.2) is 11.5 Å². The van der Waals surface area contributed by atoms with Gasteiger partial charge in [-0.2, -0.15) is 5.26 Å². The first-order valence-electron chi connectivity index (χ1n) is 7.50. The molecule has 0 aliphatic carbocycles. The fourth-order valence-electron chi connectivity index (χ4n) is 2.33. The van der Waals surface area contributed by atoms with Crippen LogP contribution in [0.15, 0.2) is 46.9 Å². The van der Waals surface area contributed by atoms with Gasteiger partial charge in [-0.3, -0.25) is 4.79 Å². The molecule has 120 valence electrons. The van der Waals surface area contributed by atoms with Crippen LogP contribution >= 0.6 is 0 Å². The zero-order valence-electron chi connectivity index (χ0n) is 13.3. The number of aryl methyl sites for hydroxylation is 1. The second-order valence-corrected chi connectivity index (χ2v) is 5.46. The number of carbonyl (C=O) groups is 1. The minimum atomic E-state index is -0.439. The molecule has 0 spiro atoms. The molecule has 0 bridgehead atoms. The Kier molecular flexibility index (Phi) is 4.17. The maximum atomic E-state index is 12.3. The average molecular weight is 320 g/mol. The molecule has 3 aromatic rings. The normalized spacial score (nSPS) is 11.7. The molecule has 1 heterocycles. The predicted octanol–water partition coefficient (Wildman–Crippen LogP) is 3.45. The third kappa shape index (κ3) is 3.36. The number of nitriles is 1. The molecule has 6 nitrogen and oxygen atoms in total. The number of aromatic nitrogens is 1. The topological polar surface area (TPSA) is 91.0 Å². The lowest BCUT2D eigenvalue weighted by molar-refractivity contribution is -0.116. The van der Waals surface area contributed by atoms with E-state index in [0.29, 0.717) is 22.7 Å². The molecule has 1 aromatic heterocycles. The van der Waals surface area contributed by atoms with Crippen molar-refractivity contribution in [3.05, 3.63) is 53.9 Å². The maximum Gasteiger partial charge on any atom is 0.246 e. The number of amides is 1. The Morgan fingerprint density at radius 3 is 2.62 bits per heavy atom. The highest BCUT2D eigenvalue weighted by atomic mass is 16.3. The van der Waals surface area contributed by atoms with Crippen LogP contribution in [0.4, 0.5) is 11.4 Å². The van der Waals surface area contributed by atoms with Crippen LogP contribution in [0.25, 0.3) is 11.1 Å². The number of benzene rings is 2. The Morgan fingerprint density at radius 2 is 1.92 bits per heavy atom. The molecule has 0 unspecified atom stereocenters. The molecular formula is C18H16N4O2. The van der Waals surface area contributed by atoms with Gasteiger partial charge in [0, 0.05) is 18.3 Å². The van der Waals surface area contributed by atoms with Crippen LogP contribution < -0.4 is 10.6 Å². The van der Waals surface area contributed by atoms with Crippen molar-refractivity contribution in [3.63, 3.8) is 0 Å². The summed E-state index contributed by atoms with van der Waals surface area (Å²) >= 11 is 0. The summed E-state index contributed by atoms with van der Waals surface area (Å²) in [6, 6.07) is 13.8. The van der Waals surface area contributed by atoms with Gasteiger partial charge in [0.1, 0.15) is 11.6 Å². The van der Waals surface area contributed by atoms with Gasteiger partial charge in [0.25, 0.3) is 0 Å². The van der Waals surface area contributed by atoms with Gasteiger partial charge in [-0.1, -0.05) is 0 Å². The van der Waals surface area contributed by atoms with E-state index in [-0.39, 0.29) is 5.91 Å². The van der Waals surface area contributed by atoms with E-state index in [1.165, 1.54) is 0 Å². The van der Waals surface area contributed by atoms with Crippen LogP contribution in [0.2, 0.25) is 0 Å². The molecule has 2 N–H and O–H groups in total. The van der Waals surface area contributed by atoms with Gasteiger partial charge in [0.2, 0.25) is 5.91 Å². The Morgan fingerprint density at radius 1 is 1.21 bits per heavy atom. The summed E-state index contributed by atoms with van der Waals surface area (Å²) in [7, 11) is 0. The van der Waals surface area contributed by atoms with E-state index in [1.54, 1.807) is 38.1 Å². The minimum Gasteiger partial charge on any atom is -0.441 e. The van der Waals surface area contributed by atoms with Gasteiger partial charge in [-0.25, -0.2) is 4.98 Å². The highest BCUT2D eigenvalue weighted by Crippen LogP contribution is 2.20. The first-order valence-corrected chi connectivity index (χ1v) is 7.50. The van der Waals surface area contributed by atoms with Crippen molar-refractivity contribution < 1.29 is 9.21 Å². The standard InChI is InChI=1S/C18H16N4O2/c1-11(18(23)22-14-5-3-13(10-19)4-6-14)20-15-7-8-17-16(9-15)21-12(2)24-17/h3-9,11,20H,1-2H3,(H,22,23)/t11-/m1/s1. The summed E-state index contributed by atoms with van der Waals surface area (Å²) < 4.78 is 5.43. The van der Waals surface area contributed by atoms with Crippen LogP contribution in [-0.2, 0) is 4.79 Å². The molecule has 0 saturated heterocycles. The molecule has 3 rings (SSSR count). The van der Waals surface area contributed by atoms with Crippen LogP contribution in [0.5, 0.6) is 0 Å². The molecular weight excluding hydrogens is 304 g/mol. The minimum absolute atomic E-state index is 0.170. The van der Waals surface area contributed by atoms with E-state index < -0.39 is 6.04 Å². The lowest BCUT2D eigenvalue weighted by Crippen LogP contribution is -2.31. The van der Waals surface area contributed by atoms with Crippen molar-refractivity contribution in [1.29, 1.82) is 5.26 Å². The average Bonchev–Trinajstić information content (AvgIpc) is 2.94. The van der Waals surface area contributed by atoms with E-state index in [9.17, 15) is 4.79 Å². The van der Waals surface area contributed by atoms with Crippen molar-refractivity contribution in [2.24, 2.45) is 0 Å². The summed E-state index contributed by atoms with van der Waals surface area (Å²) in [5, 5.41) is 14.7. The molecule has 0 aliphatic heterocycles.